The molecule has 0 aromatic heterocycles. The molecule has 0 heterocycles. The lowest BCUT2D eigenvalue weighted by atomic mass is 10.2. The number of benzene rings is 1. The molecule has 0 aliphatic heterocycles. The lowest BCUT2D eigenvalue weighted by Crippen LogP contribution is -2.08. The van der Waals surface area contributed by atoms with Crippen molar-refractivity contribution in [3.63, 3.8) is 0 Å². The normalized spacial score (nSPS) is 9.88. The Morgan fingerprint density at radius 3 is 2.18 bits per heavy atom. The highest BCUT2D eigenvalue weighted by Crippen LogP contribution is 2.29. The molecule has 0 atom stereocenters. The van der Waals surface area contributed by atoms with E-state index in [0.717, 1.165) is 0 Å². The van der Waals surface area contributed by atoms with Gasteiger partial charge in [-0.3, -0.25) is 4.79 Å². The van der Waals surface area contributed by atoms with Crippen LogP contribution in [0.15, 0.2) is 12.1 Å². The molecule has 0 saturated heterocycles. The molecule has 1 aromatic carbocycles. The van der Waals surface area contributed by atoms with Crippen molar-refractivity contribution in [3.8, 4) is 5.75 Å². The van der Waals surface area contributed by atoms with E-state index < -0.39 is 0 Å². The molecule has 0 radical (unpaired) electrons. The second-order valence-electron chi connectivity index (χ2n) is 3.08. The second-order valence-corrected chi connectivity index (χ2v) is 5.41. The summed E-state index contributed by atoms with van der Waals surface area (Å²) < 4.78 is 11.4. The molecule has 0 saturated carbocycles. The van der Waals surface area contributed by atoms with Gasteiger partial charge in [0, 0.05) is 6.92 Å². The van der Waals surface area contributed by atoms with Crippen molar-refractivity contribution in [2.45, 2.75) is 13.8 Å². The largest absolute Gasteiger partial charge is 0.462 e. The van der Waals surface area contributed by atoms with Gasteiger partial charge in [0.25, 0.3) is 0 Å². The van der Waals surface area contributed by atoms with Crippen molar-refractivity contribution in [2.24, 2.45) is 0 Å². The molecule has 0 spiro atoms. The van der Waals surface area contributed by atoms with Gasteiger partial charge in [-0.1, -0.05) is 0 Å². The molecule has 92 valence electrons. The van der Waals surface area contributed by atoms with E-state index in [0.29, 0.717) is 25.1 Å². The van der Waals surface area contributed by atoms with Crippen molar-refractivity contribution >= 4 is 57.1 Å². The van der Waals surface area contributed by atoms with E-state index in [1.807, 2.05) is 45.2 Å². The van der Waals surface area contributed by atoms with E-state index in [4.69, 9.17) is 9.47 Å². The minimum Gasteiger partial charge on any atom is -0.462 e. The summed E-state index contributed by atoms with van der Waals surface area (Å²) in [4.78, 5) is 22.5. The minimum atomic E-state index is -0.385. The highest BCUT2D eigenvalue weighted by Gasteiger charge is 2.15. The quantitative estimate of drug-likeness (QED) is 0.396. The van der Waals surface area contributed by atoms with Crippen molar-refractivity contribution in [1.29, 1.82) is 0 Å². The number of ether oxygens (including phenoxy) is 2. The van der Waals surface area contributed by atoms with Crippen LogP contribution in [-0.2, 0) is 9.53 Å². The van der Waals surface area contributed by atoms with Crippen LogP contribution in [0.1, 0.15) is 24.2 Å². The lowest BCUT2D eigenvalue weighted by molar-refractivity contribution is -0.132. The summed E-state index contributed by atoms with van der Waals surface area (Å²) in [5.74, 6) is -0.283. The van der Waals surface area contributed by atoms with E-state index in [-0.39, 0.29) is 11.9 Å². The van der Waals surface area contributed by atoms with Gasteiger partial charge in [-0.2, -0.15) is 0 Å². The average molecular weight is 460 g/mol. The molecule has 6 heteroatoms. The second kappa shape index (κ2) is 6.53. The molecule has 0 aliphatic rings. The fourth-order valence-corrected chi connectivity index (χ4v) is 3.12. The molecular weight excluding hydrogens is 450 g/mol. The SMILES string of the molecule is CCOC(=O)c1cc(I)c(OC(C)=O)c(I)c1. The predicted molar refractivity (Wildman–Crippen MR) is 79.1 cm³/mol. The molecular formula is C11H10I2O4. The third kappa shape index (κ3) is 4.09. The molecule has 0 unspecified atom stereocenters. The van der Waals surface area contributed by atoms with Crippen molar-refractivity contribution < 1.29 is 19.1 Å². The Bertz CT molecular complexity index is 434. The summed E-state index contributed by atoms with van der Waals surface area (Å²) in [5, 5.41) is 0. The topological polar surface area (TPSA) is 52.6 Å². The highest BCUT2D eigenvalue weighted by molar-refractivity contribution is 14.1. The van der Waals surface area contributed by atoms with Crippen LogP contribution in [0.3, 0.4) is 0 Å². The van der Waals surface area contributed by atoms with Crippen LogP contribution in [0.4, 0.5) is 0 Å². The van der Waals surface area contributed by atoms with E-state index in [1.54, 1.807) is 19.1 Å². The van der Waals surface area contributed by atoms with Crippen LogP contribution in [0.2, 0.25) is 0 Å². The summed E-state index contributed by atoms with van der Waals surface area (Å²) in [6.07, 6.45) is 0. The van der Waals surface area contributed by atoms with Crippen LogP contribution in [0, 0.1) is 7.14 Å². The molecule has 4 nitrogen and oxygen atoms in total. The predicted octanol–water partition coefficient (Wildman–Crippen LogP) is 3.00. The third-order valence-corrected chi connectivity index (χ3v) is 3.36. The zero-order chi connectivity index (χ0) is 13.0. The summed E-state index contributed by atoms with van der Waals surface area (Å²) >= 11 is 4.03. The van der Waals surface area contributed by atoms with Gasteiger partial charge in [0.15, 0.2) is 5.75 Å². The van der Waals surface area contributed by atoms with Gasteiger partial charge in [0.1, 0.15) is 0 Å². The Morgan fingerprint density at radius 1 is 1.24 bits per heavy atom. The summed E-state index contributed by atoms with van der Waals surface area (Å²) in [5.41, 5.74) is 0.455. The summed E-state index contributed by atoms with van der Waals surface area (Å²) in [6, 6.07) is 3.28. The van der Waals surface area contributed by atoms with Crippen molar-refractivity contribution in [2.75, 3.05) is 6.61 Å². The first kappa shape index (κ1) is 14.7. The highest BCUT2D eigenvalue weighted by atomic mass is 127. The smallest absolute Gasteiger partial charge is 0.338 e. The van der Waals surface area contributed by atoms with E-state index in [2.05, 4.69) is 0 Å². The fourth-order valence-electron chi connectivity index (χ4n) is 1.13. The van der Waals surface area contributed by atoms with E-state index >= 15 is 0 Å². The number of hydrogen-bond donors (Lipinski definition) is 0. The zero-order valence-corrected chi connectivity index (χ0v) is 13.6. The minimum absolute atomic E-state index is 0.331. The Balaban J connectivity index is 3.09. The molecule has 0 aliphatic carbocycles. The Hall–Kier alpha value is -0.380. The van der Waals surface area contributed by atoms with Gasteiger partial charge < -0.3 is 9.47 Å². The zero-order valence-electron chi connectivity index (χ0n) is 9.25. The van der Waals surface area contributed by atoms with Crippen LogP contribution < -0.4 is 4.74 Å². The third-order valence-electron chi connectivity index (χ3n) is 1.76. The first-order chi connectivity index (χ1) is 7.95. The Labute approximate surface area is 126 Å². The molecule has 0 bridgehead atoms. The number of carbonyl (C=O) groups excluding carboxylic acids is 2. The molecule has 0 amide bonds. The van der Waals surface area contributed by atoms with Gasteiger partial charge >= 0.3 is 11.9 Å². The first-order valence-corrected chi connectivity index (χ1v) is 6.96. The Kier molecular flexibility index (Phi) is 5.63. The number of hydrogen-bond acceptors (Lipinski definition) is 4. The van der Waals surface area contributed by atoms with Gasteiger partial charge in [-0.05, 0) is 64.2 Å². The van der Waals surface area contributed by atoms with E-state index in [1.165, 1.54) is 6.92 Å². The van der Waals surface area contributed by atoms with Crippen LogP contribution >= 0.6 is 45.2 Å². The maximum absolute atomic E-state index is 11.5. The van der Waals surface area contributed by atoms with Gasteiger partial charge in [0.05, 0.1) is 19.3 Å². The average Bonchev–Trinajstić information content (AvgIpc) is 2.23. The number of rotatable bonds is 3. The van der Waals surface area contributed by atoms with Crippen molar-refractivity contribution in [1.82, 2.24) is 0 Å². The summed E-state index contributed by atoms with van der Waals surface area (Å²) in [7, 11) is 0. The molecule has 0 fully saturated rings. The van der Waals surface area contributed by atoms with E-state index in [9.17, 15) is 9.59 Å². The maximum atomic E-state index is 11.5. The number of esters is 2. The van der Waals surface area contributed by atoms with Gasteiger partial charge in [0.2, 0.25) is 0 Å². The van der Waals surface area contributed by atoms with Crippen LogP contribution in [-0.4, -0.2) is 18.5 Å². The standard InChI is InChI=1S/C11H10I2O4/c1-3-16-11(15)7-4-8(12)10(9(13)5-7)17-6(2)14/h4-5H,3H2,1-2H3. The maximum Gasteiger partial charge on any atom is 0.338 e. The molecule has 1 rings (SSSR count). The summed E-state index contributed by atoms with van der Waals surface area (Å²) in [6.45, 7) is 3.42. The Morgan fingerprint density at radius 2 is 1.76 bits per heavy atom. The van der Waals surface area contributed by atoms with Crippen LogP contribution in [0.25, 0.3) is 0 Å². The van der Waals surface area contributed by atoms with Crippen molar-refractivity contribution in [3.05, 3.63) is 24.8 Å². The first-order valence-electron chi connectivity index (χ1n) is 4.80. The number of carbonyl (C=O) groups is 2. The molecule has 0 N–H and O–H groups in total. The monoisotopic (exact) mass is 460 g/mol. The van der Waals surface area contributed by atoms with Gasteiger partial charge in [-0.15, -0.1) is 0 Å². The lowest BCUT2D eigenvalue weighted by Gasteiger charge is -2.09. The van der Waals surface area contributed by atoms with Crippen LogP contribution in [0.5, 0.6) is 5.75 Å². The fraction of sp³-hybridized carbons (Fsp3) is 0.273. The molecule has 1 aromatic rings. The number of halogens is 2. The molecule has 17 heavy (non-hydrogen) atoms. The van der Waals surface area contributed by atoms with Gasteiger partial charge in [-0.25, -0.2) is 4.79 Å².